The summed E-state index contributed by atoms with van der Waals surface area (Å²) in [5.74, 6) is -5.79. The van der Waals surface area contributed by atoms with Gasteiger partial charge in [0.15, 0.2) is 17.3 Å². The third-order valence-electron chi connectivity index (χ3n) is 3.21. The van der Waals surface area contributed by atoms with Crippen LogP contribution in [0.4, 0.5) is 0 Å². The molecule has 19 heavy (non-hydrogen) atoms. The van der Waals surface area contributed by atoms with Crippen molar-refractivity contribution in [1.29, 1.82) is 0 Å². The topological polar surface area (TPSA) is 124 Å². The minimum absolute atomic E-state index is 0.0576. The zero-order chi connectivity index (χ0) is 13.9. The highest BCUT2D eigenvalue weighted by Crippen LogP contribution is 2.49. The Morgan fingerprint density at radius 3 is 2.21 bits per heavy atom. The maximum atomic E-state index is 11.8. The minimum atomic E-state index is -1.33. The summed E-state index contributed by atoms with van der Waals surface area (Å²) in [6.45, 7) is 0.192. The molecule has 0 amide bonds. The van der Waals surface area contributed by atoms with E-state index in [-0.39, 0.29) is 24.3 Å². The second kappa shape index (κ2) is 3.41. The SMILES string of the molecule is O=C1C(=O)c2c(O)c3c(c(O)c2C(O)=C1O)OCC3. The monoisotopic (exact) mass is 264 g/mol. The molecule has 7 heteroatoms. The summed E-state index contributed by atoms with van der Waals surface area (Å²) >= 11 is 0. The van der Waals surface area contributed by atoms with Gasteiger partial charge >= 0.3 is 0 Å². The number of aromatic hydroxyl groups is 2. The summed E-state index contributed by atoms with van der Waals surface area (Å²) in [5.41, 5.74) is -0.797. The van der Waals surface area contributed by atoms with E-state index in [1.54, 1.807) is 0 Å². The van der Waals surface area contributed by atoms with Gasteiger partial charge in [0.25, 0.3) is 5.78 Å². The number of carbonyl (C=O) groups excluding carboxylic acids is 2. The lowest BCUT2D eigenvalue weighted by Gasteiger charge is -2.19. The number of fused-ring (bicyclic) bond motifs is 2. The van der Waals surface area contributed by atoms with Crippen LogP contribution in [-0.4, -0.2) is 38.6 Å². The van der Waals surface area contributed by atoms with Gasteiger partial charge in [-0.15, -0.1) is 0 Å². The Balaban J connectivity index is 2.47. The normalized spacial score (nSPS) is 17.3. The molecule has 1 aliphatic carbocycles. The fraction of sp³-hybridized carbons (Fsp3) is 0.167. The Labute approximate surface area is 106 Å². The Kier molecular flexibility index (Phi) is 2.04. The number of carbonyl (C=O) groups is 2. The molecule has 1 aliphatic heterocycles. The molecule has 2 aliphatic rings. The molecule has 0 fully saturated rings. The highest BCUT2D eigenvalue weighted by atomic mass is 16.5. The Morgan fingerprint density at radius 1 is 0.842 bits per heavy atom. The van der Waals surface area contributed by atoms with Gasteiger partial charge < -0.3 is 25.2 Å². The van der Waals surface area contributed by atoms with Crippen LogP contribution in [0.15, 0.2) is 5.76 Å². The Hall–Kier alpha value is -2.70. The average Bonchev–Trinajstić information content (AvgIpc) is 2.87. The van der Waals surface area contributed by atoms with Crippen LogP contribution in [0.3, 0.4) is 0 Å². The van der Waals surface area contributed by atoms with Gasteiger partial charge in [-0.25, -0.2) is 0 Å². The predicted molar refractivity (Wildman–Crippen MR) is 60.5 cm³/mol. The number of ketones is 2. The quantitative estimate of drug-likeness (QED) is 0.399. The highest BCUT2D eigenvalue weighted by Gasteiger charge is 2.41. The number of phenols is 2. The van der Waals surface area contributed by atoms with Crippen LogP contribution in [-0.2, 0) is 11.2 Å². The third-order valence-corrected chi connectivity index (χ3v) is 3.21. The van der Waals surface area contributed by atoms with Crippen LogP contribution in [0, 0.1) is 0 Å². The van der Waals surface area contributed by atoms with Crippen molar-refractivity contribution in [3.05, 3.63) is 22.4 Å². The number of aliphatic hydroxyl groups is 2. The van der Waals surface area contributed by atoms with E-state index in [2.05, 4.69) is 0 Å². The first-order valence-electron chi connectivity index (χ1n) is 5.40. The highest BCUT2D eigenvalue weighted by molar-refractivity contribution is 6.52. The molecule has 3 rings (SSSR count). The molecule has 0 bridgehead atoms. The zero-order valence-electron chi connectivity index (χ0n) is 9.43. The van der Waals surface area contributed by atoms with Gasteiger partial charge in [-0.2, -0.15) is 0 Å². The maximum absolute atomic E-state index is 11.8. The Morgan fingerprint density at radius 2 is 1.53 bits per heavy atom. The lowest BCUT2D eigenvalue weighted by atomic mass is 9.88. The zero-order valence-corrected chi connectivity index (χ0v) is 9.43. The van der Waals surface area contributed by atoms with E-state index in [9.17, 15) is 30.0 Å². The smallest absolute Gasteiger partial charge is 0.271 e. The van der Waals surface area contributed by atoms with E-state index in [1.165, 1.54) is 0 Å². The second-order valence-corrected chi connectivity index (χ2v) is 4.21. The minimum Gasteiger partial charge on any atom is -0.507 e. The van der Waals surface area contributed by atoms with E-state index in [4.69, 9.17) is 4.74 Å². The van der Waals surface area contributed by atoms with Crippen molar-refractivity contribution in [1.82, 2.24) is 0 Å². The maximum Gasteiger partial charge on any atom is 0.271 e. The van der Waals surface area contributed by atoms with Crippen LogP contribution in [0.1, 0.15) is 21.5 Å². The molecule has 0 aromatic heterocycles. The summed E-state index contributed by atoms with van der Waals surface area (Å²) in [7, 11) is 0. The van der Waals surface area contributed by atoms with Crippen molar-refractivity contribution in [3.63, 3.8) is 0 Å². The lowest BCUT2D eigenvalue weighted by Crippen LogP contribution is -2.24. The molecule has 4 N–H and O–H groups in total. The largest absolute Gasteiger partial charge is 0.507 e. The van der Waals surface area contributed by atoms with E-state index in [1.807, 2.05) is 0 Å². The van der Waals surface area contributed by atoms with Crippen LogP contribution in [0.25, 0.3) is 5.76 Å². The fourth-order valence-electron chi connectivity index (χ4n) is 2.29. The standard InChI is InChI=1S/C12H8O7/c13-6-3-1-2-19-12(3)9(16)5-4(6)7(14)10(17)11(18)8(5)15/h13,15-16,18H,1-2H2. The number of hydrogen-bond acceptors (Lipinski definition) is 7. The number of aliphatic hydroxyl groups excluding tert-OH is 2. The number of ether oxygens (including phenoxy) is 1. The Bertz CT molecular complexity index is 684. The molecule has 98 valence electrons. The first-order valence-corrected chi connectivity index (χ1v) is 5.40. The van der Waals surface area contributed by atoms with Crippen molar-refractivity contribution in [2.24, 2.45) is 0 Å². The molecule has 0 spiro atoms. The molecule has 1 aromatic carbocycles. The number of Topliss-reactive ketones (excluding diaryl/α,β-unsaturated/α-hetero) is 2. The van der Waals surface area contributed by atoms with Crippen molar-refractivity contribution >= 4 is 17.3 Å². The number of rotatable bonds is 0. The van der Waals surface area contributed by atoms with Gasteiger partial charge in [0.1, 0.15) is 5.75 Å². The van der Waals surface area contributed by atoms with Crippen LogP contribution < -0.4 is 4.74 Å². The fourth-order valence-corrected chi connectivity index (χ4v) is 2.29. The first kappa shape index (κ1) is 11.4. The lowest BCUT2D eigenvalue weighted by molar-refractivity contribution is -0.114. The summed E-state index contributed by atoms with van der Waals surface area (Å²) in [6.07, 6.45) is 0.264. The molecule has 0 saturated heterocycles. The predicted octanol–water partition coefficient (Wildman–Crippen LogP) is 0.583. The average molecular weight is 264 g/mol. The van der Waals surface area contributed by atoms with Crippen LogP contribution >= 0.6 is 0 Å². The second-order valence-electron chi connectivity index (χ2n) is 4.21. The van der Waals surface area contributed by atoms with Crippen molar-refractivity contribution in [2.45, 2.75) is 6.42 Å². The first-order chi connectivity index (χ1) is 8.95. The molecule has 0 unspecified atom stereocenters. The van der Waals surface area contributed by atoms with Crippen molar-refractivity contribution in [3.8, 4) is 17.2 Å². The summed E-state index contributed by atoms with van der Waals surface area (Å²) < 4.78 is 5.10. The number of allylic oxidation sites excluding steroid dienone is 1. The summed E-state index contributed by atoms with van der Waals surface area (Å²) in [6, 6.07) is 0. The molecular weight excluding hydrogens is 256 g/mol. The van der Waals surface area contributed by atoms with Gasteiger partial charge in [0.05, 0.1) is 17.7 Å². The molecule has 0 radical (unpaired) electrons. The molecule has 0 atom stereocenters. The summed E-state index contributed by atoms with van der Waals surface area (Å²) in [4.78, 5) is 23.2. The third kappa shape index (κ3) is 1.21. The van der Waals surface area contributed by atoms with E-state index in [0.717, 1.165) is 0 Å². The molecule has 1 aromatic rings. The molecule has 7 nitrogen and oxygen atoms in total. The van der Waals surface area contributed by atoms with Gasteiger partial charge in [-0.05, 0) is 0 Å². The molecular formula is C12H8O7. The molecule has 1 heterocycles. The number of phenolic OH excluding ortho intramolecular Hbond substituents is 2. The van der Waals surface area contributed by atoms with Crippen molar-refractivity contribution in [2.75, 3.05) is 6.61 Å². The summed E-state index contributed by atoms with van der Waals surface area (Å²) in [5, 5.41) is 39.0. The van der Waals surface area contributed by atoms with Gasteiger partial charge in [-0.3, -0.25) is 9.59 Å². The van der Waals surface area contributed by atoms with Crippen LogP contribution in [0.5, 0.6) is 17.2 Å². The van der Waals surface area contributed by atoms with Gasteiger partial charge in [-0.1, -0.05) is 0 Å². The van der Waals surface area contributed by atoms with E-state index in [0.29, 0.717) is 0 Å². The van der Waals surface area contributed by atoms with E-state index < -0.39 is 45.7 Å². The number of hydrogen-bond donors (Lipinski definition) is 4. The van der Waals surface area contributed by atoms with Gasteiger partial charge in [0.2, 0.25) is 11.5 Å². The van der Waals surface area contributed by atoms with Gasteiger partial charge in [0, 0.05) is 12.0 Å². The van der Waals surface area contributed by atoms with Crippen LogP contribution in [0.2, 0.25) is 0 Å². The van der Waals surface area contributed by atoms with Crippen molar-refractivity contribution < 1.29 is 34.8 Å². The van der Waals surface area contributed by atoms with E-state index >= 15 is 0 Å². The number of benzene rings is 1. The molecule has 0 saturated carbocycles.